The summed E-state index contributed by atoms with van der Waals surface area (Å²) in [5.41, 5.74) is 2.54. The molecule has 0 aliphatic carbocycles. The lowest BCUT2D eigenvalue weighted by Gasteiger charge is -2.34. The highest BCUT2D eigenvalue weighted by Gasteiger charge is 2.25. The summed E-state index contributed by atoms with van der Waals surface area (Å²) in [7, 11) is 1.58. The number of nitrogens with one attached hydrogen (secondary N) is 1. The number of amides is 3. The summed E-state index contributed by atoms with van der Waals surface area (Å²) in [5.74, 6) is 1.19. The van der Waals surface area contributed by atoms with Crippen LogP contribution in [0.2, 0.25) is 0 Å². The van der Waals surface area contributed by atoms with Gasteiger partial charge in [-0.1, -0.05) is 19.9 Å². The molecule has 1 saturated heterocycles. The largest absolute Gasteiger partial charge is 0.497 e. The van der Waals surface area contributed by atoms with Gasteiger partial charge in [0.05, 0.1) is 7.11 Å². The van der Waals surface area contributed by atoms with E-state index in [1.54, 1.807) is 29.0 Å². The minimum absolute atomic E-state index is 0.0414. The smallest absolute Gasteiger partial charge is 0.321 e. The number of fused-ring (bicyclic) bond motifs is 1. The van der Waals surface area contributed by atoms with Gasteiger partial charge in [-0.3, -0.25) is 4.79 Å². The Balaban J connectivity index is 1.35. The summed E-state index contributed by atoms with van der Waals surface area (Å²) < 4.78 is 7.45. The summed E-state index contributed by atoms with van der Waals surface area (Å²) in [5, 5.41) is 4.11. The van der Waals surface area contributed by atoms with Gasteiger partial charge in [-0.25, -0.2) is 4.79 Å². The van der Waals surface area contributed by atoms with E-state index in [0.717, 1.165) is 17.6 Å². The van der Waals surface area contributed by atoms with Crippen molar-refractivity contribution in [3.8, 4) is 5.75 Å². The van der Waals surface area contributed by atoms with E-state index in [0.29, 0.717) is 43.4 Å². The molecule has 1 aromatic heterocycles. The Morgan fingerprint density at radius 2 is 1.75 bits per heavy atom. The number of anilines is 1. The third-order valence-electron chi connectivity index (χ3n) is 5.75. The number of hydrogen-bond acceptors (Lipinski definition) is 3. The molecule has 7 nitrogen and oxygen atoms in total. The first-order valence-electron chi connectivity index (χ1n) is 11.0. The molecule has 0 unspecified atom stereocenters. The van der Waals surface area contributed by atoms with Crippen molar-refractivity contribution in [2.24, 2.45) is 5.92 Å². The minimum Gasteiger partial charge on any atom is -0.497 e. The van der Waals surface area contributed by atoms with E-state index < -0.39 is 0 Å². The summed E-state index contributed by atoms with van der Waals surface area (Å²) in [4.78, 5) is 29.1. The number of piperazine rings is 1. The van der Waals surface area contributed by atoms with Crippen LogP contribution >= 0.6 is 0 Å². The highest BCUT2D eigenvalue weighted by molar-refractivity contribution is 5.95. The molecular formula is C25H30N4O3. The second kappa shape index (κ2) is 9.34. The fraction of sp³-hybridized carbons (Fsp3) is 0.360. The van der Waals surface area contributed by atoms with Crippen LogP contribution in [0.3, 0.4) is 0 Å². The van der Waals surface area contributed by atoms with Gasteiger partial charge < -0.3 is 24.4 Å². The van der Waals surface area contributed by atoms with Gasteiger partial charge in [-0.15, -0.1) is 0 Å². The molecule has 0 radical (unpaired) electrons. The van der Waals surface area contributed by atoms with E-state index in [-0.39, 0.29) is 11.9 Å². The first-order chi connectivity index (χ1) is 15.4. The maximum absolute atomic E-state index is 12.8. The molecule has 7 heteroatoms. The third-order valence-corrected chi connectivity index (χ3v) is 5.75. The van der Waals surface area contributed by atoms with Crippen molar-refractivity contribution < 1.29 is 14.3 Å². The van der Waals surface area contributed by atoms with Crippen LogP contribution < -0.4 is 10.1 Å². The molecule has 168 valence electrons. The van der Waals surface area contributed by atoms with Crippen LogP contribution in [-0.4, -0.2) is 59.6 Å². The number of benzene rings is 2. The Bertz CT molecular complexity index is 1110. The fourth-order valence-corrected chi connectivity index (χ4v) is 4.08. The standard InChI is InChI=1S/C25H30N4O3/c1-18(2)17-29-10-9-19-15-21(7-8-23(19)29)26-25(31)28-13-11-27(12-14-28)24(30)20-5-4-6-22(16-20)32-3/h4-10,15-16,18H,11-14,17H2,1-3H3,(H,26,31). The molecule has 3 amide bonds. The molecule has 2 heterocycles. The topological polar surface area (TPSA) is 66.8 Å². The Labute approximate surface area is 188 Å². The molecule has 1 aliphatic rings. The number of rotatable bonds is 5. The third kappa shape index (κ3) is 4.72. The van der Waals surface area contributed by atoms with Crippen LogP contribution in [0.25, 0.3) is 10.9 Å². The molecule has 1 aliphatic heterocycles. The van der Waals surface area contributed by atoms with Gasteiger partial charge in [0.2, 0.25) is 0 Å². The van der Waals surface area contributed by atoms with E-state index in [9.17, 15) is 9.59 Å². The first kappa shape index (κ1) is 21.7. The van der Waals surface area contributed by atoms with Gasteiger partial charge in [0.25, 0.3) is 5.91 Å². The molecule has 4 rings (SSSR count). The molecule has 32 heavy (non-hydrogen) atoms. The van der Waals surface area contributed by atoms with Crippen molar-refractivity contribution in [3.63, 3.8) is 0 Å². The van der Waals surface area contributed by atoms with Crippen molar-refractivity contribution in [3.05, 3.63) is 60.3 Å². The maximum Gasteiger partial charge on any atom is 0.321 e. The first-order valence-corrected chi connectivity index (χ1v) is 11.0. The second-order valence-electron chi connectivity index (χ2n) is 8.58. The zero-order chi connectivity index (χ0) is 22.7. The average Bonchev–Trinajstić information content (AvgIpc) is 3.20. The monoisotopic (exact) mass is 434 g/mol. The van der Waals surface area contributed by atoms with Gasteiger partial charge in [0.1, 0.15) is 5.75 Å². The zero-order valence-electron chi connectivity index (χ0n) is 18.9. The molecule has 0 atom stereocenters. The van der Waals surface area contributed by atoms with E-state index in [2.05, 4.69) is 42.1 Å². The molecule has 1 fully saturated rings. The Hall–Kier alpha value is -3.48. The number of urea groups is 1. The Morgan fingerprint density at radius 3 is 2.47 bits per heavy atom. The Morgan fingerprint density at radius 1 is 1.00 bits per heavy atom. The van der Waals surface area contributed by atoms with E-state index in [4.69, 9.17) is 4.74 Å². The lowest BCUT2D eigenvalue weighted by molar-refractivity contribution is 0.0671. The molecule has 0 bridgehead atoms. The average molecular weight is 435 g/mol. The van der Waals surface area contributed by atoms with Crippen LogP contribution in [-0.2, 0) is 6.54 Å². The zero-order valence-corrected chi connectivity index (χ0v) is 18.9. The predicted molar refractivity (Wildman–Crippen MR) is 126 cm³/mol. The predicted octanol–water partition coefficient (Wildman–Crippen LogP) is 4.30. The Kier molecular flexibility index (Phi) is 6.35. The van der Waals surface area contributed by atoms with Crippen LogP contribution in [0.5, 0.6) is 5.75 Å². The van der Waals surface area contributed by atoms with Gasteiger partial charge in [-0.2, -0.15) is 0 Å². The molecule has 0 saturated carbocycles. The summed E-state index contributed by atoms with van der Waals surface area (Å²) in [6.07, 6.45) is 2.09. The number of aromatic nitrogens is 1. The van der Waals surface area contributed by atoms with Crippen LogP contribution in [0, 0.1) is 5.92 Å². The molecule has 2 aromatic carbocycles. The summed E-state index contributed by atoms with van der Waals surface area (Å²) >= 11 is 0. The van der Waals surface area contributed by atoms with Crippen LogP contribution in [0.4, 0.5) is 10.5 Å². The van der Waals surface area contributed by atoms with Crippen molar-refractivity contribution in [2.45, 2.75) is 20.4 Å². The van der Waals surface area contributed by atoms with Gasteiger partial charge in [-0.05, 0) is 48.4 Å². The van der Waals surface area contributed by atoms with Crippen molar-refractivity contribution in [1.29, 1.82) is 0 Å². The quantitative estimate of drug-likeness (QED) is 0.651. The fourth-order valence-electron chi connectivity index (χ4n) is 4.08. The number of ether oxygens (including phenoxy) is 1. The van der Waals surface area contributed by atoms with Gasteiger partial charge in [0.15, 0.2) is 0 Å². The highest BCUT2D eigenvalue weighted by Crippen LogP contribution is 2.22. The maximum atomic E-state index is 12.8. The van der Waals surface area contributed by atoms with Crippen LogP contribution in [0.1, 0.15) is 24.2 Å². The number of nitrogens with zero attached hydrogens (tertiary/aromatic N) is 3. The SMILES string of the molecule is COc1cccc(C(=O)N2CCN(C(=O)Nc3ccc4c(ccn4CC(C)C)c3)CC2)c1. The van der Waals surface area contributed by atoms with E-state index in [1.807, 2.05) is 24.3 Å². The van der Waals surface area contributed by atoms with Crippen molar-refractivity contribution in [1.82, 2.24) is 14.4 Å². The highest BCUT2D eigenvalue weighted by atomic mass is 16.5. The normalized spacial score (nSPS) is 14.1. The molecular weight excluding hydrogens is 404 g/mol. The minimum atomic E-state index is -0.139. The second-order valence-corrected chi connectivity index (χ2v) is 8.58. The number of carbonyl (C=O) groups is 2. The molecule has 1 N–H and O–H groups in total. The molecule has 0 spiro atoms. The number of hydrogen-bond donors (Lipinski definition) is 1. The van der Waals surface area contributed by atoms with Crippen molar-refractivity contribution in [2.75, 3.05) is 38.6 Å². The van der Waals surface area contributed by atoms with Crippen molar-refractivity contribution >= 4 is 28.5 Å². The molecule has 3 aromatic rings. The summed E-state index contributed by atoms with van der Waals surface area (Å²) in [6, 6.07) is 15.1. The van der Waals surface area contributed by atoms with Gasteiger partial charge >= 0.3 is 6.03 Å². The van der Waals surface area contributed by atoms with Crippen LogP contribution in [0.15, 0.2) is 54.7 Å². The number of carbonyl (C=O) groups excluding carboxylic acids is 2. The van der Waals surface area contributed by atoms with E-state index in [1.165, 1.54) is 5.52 Å². The lowest BCUT2D eigenvalue weighted by atomic mass is 10.1. The van der Waals surface area contributed by atoms with Gasteiger partial charge in [0, 0.05) is 61.1 Å². The summed E-state index contributed by atoms with van der Waals surface area (Å²) in [6.45, 7) is 7.35. The number of methoxy groups -OCH3 is 1. The van der Waals surface area contributed by atoms with E-state index >= 15 is 0 Å². The lowest BCUT2D eigenvalue weighted by Crippen LogP contribution is -2.51.